The fraction of sp³-hybridized carbons (Fsp3) is 0.412. The highest BCUT2D eigenvalue weighted by Gasteiger charge is 2.46. The zero-order valence-corrected chi connectivity index (χ0v) is 13.0. The van der Waals surface area contributed by atoms with Gasteiger partial charge in [-0.25, -0.2) is 9.18 Å². The van der Waals surface area contributed by atoms with Crippen molar-refractivity contribution in [2.24, 2.45) is 7.05 Å². The third-order valence-electron chi connectivity index (χ3n) is 4.54. The Labute approximate surface area is 133 Å². The first-order valence-corrected chi connectivity index (χ1v) is 7.64. The number of benzene rings is 1. The number of rotatable bonds is 4. The zero-order chi connectivity index (χ0) is 16.6. The number of hydrogen-bond acceptors (Lipinski definition) is 2. The number of likely N-dealkylation sites (tertiary alicyclic amines) is 1. The van der Waals surface area contributed by atoms with Gasteiger partial charge in [0.15, 0.2) is 0 Å². The van der Waals surface area contributed by atoms with E-state index in [1.807, 2.05) is 42.1 Å². The highest BCUT2D eigenvalue weighted by molar-refractivity contribution is 5.85. The van der Waals surface area contributed by atoms with Crippen molar-refractivity contribution >= 4 is 22.8 Å². The summed E-state index contributed by atoms with van der Waals surface area (Å²) >= 11 is 0. The van der Waals surface area contributed by atoms with Gasteiger partial charge in [0.05, 0.1) is 6.54 Å². The first-order valence-electron chi connectivity index (χ1n) is 7.64. The average molecular weight is 318 g/mol. The Hall–Kier alpha value is -2.37. The minimum Gasteiger partial charge on any atom is -0.479 e. The molecule has 1 aromatic heterocycles. The lowest BCUT2D eigenvalue weighted by Gasteiger charge is -2.17. The fourth-order valence-corrected chi connectivity index (χ4v) is 3.18. The predicted octanol–water partition coefficient (Wildman–Crippen LogP) is 2.14. The summed E-state index contributed by atoms with van der Waals surface area (Å²) in [5.41, 5.74) is -0.125. The van der Waals surface area contributed by atoms with Crippen molar-refractivity contribution in [3.05, 3.63) is 36.0 Å². The van der Waals surface area contributed by atoms with Crippen LogP contribution in [0.4, 0.5) is 4.39 Å². The summed E-state index contributed by atoms with van der Waals surface area (Å²) < 4.78 is 16.0. The maximum atomic E-state index is 14.0. The third-order valence-corrected chi connectivity index (χ3v) is 4.54. The van der Waals surface area contributed by atoms with Crippen LogP contribution < -0.4 is 0 Å². The molecule has 1 unspecified atom stereocenters. The lowest BCUT2D eigenvalue weighted by atomic mass is 10.1. The fourth-order valence-electron chi connectivity index (χ4n) is 3.18. The molecule has 5 nitrogen and oxygen atoms in total. The van der Waals surface area contributed by atoms with E-state index >= 15 is 0 Å². The lowest BCUT2D eigenvalue weighted by Crippen LogP contribution is -2.38. The van der Waals surface area contributed by atoms with Crippen molar-refractivity contribution in [1.82, 2.24) is 9.47 Å². The minimum absolute atomic E-state index is 0.137. The largest absolute Gasteiger partial charge is 0.479 e. The topological polar surface area (TPSA) is 62.5 Å². The van der Waals surface area contributed by atoms with Crippen LogP contribution in [0.2, 0.25) is 0 Å². The number of carboxylic acids is 1. The van der Waals surface area contributed by atoms with Crippen LogP contribution in [0, 0.1) is 0 Å². The SMILES string of the molecule is Cn1cc(CCC(=O)N2CCC(F)(C(=O)O)C2)c2ccccc21. The van der Waals surface area contributed by atoms with Crippen molar-refractivity contribution in [3.8, 4) is 0 Å². The number of aromatic nitrogens is 1. The number of amides is 1. The second-order valence-corrected chi connectivity index (χ2v) is 6.12. The van der Waals surface area contributed by atoms with Gasteiger partial charge in [-0.1, -0.05) is 18.2 Å². The molecule has 1 fully saturated rings. The van der Waals surface area contributed by atoms with Gasteiger partial charge in [-0.05, 0) is 18.1 Å². The molecule has 1 aliphatic heterocycles. The van der Waals surface area contributed by atoms with E-state index in [0.29, 0.717) is 6.42 Å². The molecule has 0 spiro atoms. The summed E-state index contributed by atoms with van der Waals surface area (Å²) in [7, 11) is 1.96. The van der Waals surface area contributed by atoms with E-state index < -0.39 is 11.6 Å². The molecule has 1 aliphatic rings. The summed E-state index contributed by atoms with van der Waals surface area (Å²) in [5, 5.41) is 9.99. The van der Waals surface area contributed by atoms with Crippen LogP contribution in [-0.4, -0.2) is 45.2 Å². The lowest BCUT2D eigenvalue weighted by molar-refractivity contribution is -0.150. The Morgan fingerprint density at radius 1 is 1.35 bits per heavy atom. The Morgan fingerprint density at radius 3 is 2.78 bits per heavy atom. The molecule has 6 heteroatoms. The number of nitrogens with zero attached hydrogens (tertiary/aromatic N) is 2. The first-order chi connectivity index (χ1) is 10.9. The van der Waals surface area contributed by atoms with E-state index in [1.165, 1.54) is 4.90 Å². The number of carbonyl (C=O) groups excluding carboxylic acids is 1. The Kier molecular flexibility index (Phi) is 3.83. The van der Waals surface area contributed by atoms with Crippen molar-refractivity contribution < 1.29 is 19.1 Å². The number of carbonyl (C=O) groups is 2. The van der Waals surface area contributed by atoms with E-state index in [0.717, 1.165) is 16.5 Å². The number of aryl methyl sites for hydroxylation is 2. The van der Waals surface area contributed by atoms with Crippen LogP contribution in [0.1, 0.15) is 18.4 Å². The third kappa shape index (κ3) is 2.81. The molecule has 1 saturated heterocycles. The van der Waals surface area contributed by atoms with Crippen molar-refractivity contribution in [1.29, 1.82) is 0 Å². The molecule has 23 heavy (non-hydrogen) atoms. The number of fused-ring (bicyclic) bond motifs is 1. The van der Waals surface area contributed by atoms with Crippen LogP contribution in [0.25, 0.3) is 10.9 Å². The molecule has 2 aromatic rings. The normalized spacial score (nSPS) is 21.0. The molecule has 1 aromatic carbocycles. The van der Waals surface area contributed by atoms with Crippen molar-refractivity contribution in [2.75, 3.05) is 13.1 Å². The van der Waals surface area contributed by atoms with Gasteiger partial charge in [0.1, 0.15) is 0 Å². The number of carboxylic acid groups (broad SMARTS) is 1. The van der Waals surface area contributed by atoms with Gasteiger partial charge >= 0.3 is 5.97 Å². The quantitative estimate of drug-likeness (QED) is 0.939. The van der Waals surface area contributed by atoms with Gasteiger partial charge in [-0.15, -0.1) is 0 Å². The van der Waals surface area contributed by atoms with Crippen LogP contribution in [0.5, 0.6) is 0 Å². The van der Waals surface area contributed by atoms with Gasteiger partial charge in [-0.2, -0.15) is 0 Å². The monoisotopic (exact) mass is 318 g/mol. The second-order valence-electron chi connectivity index (χ2n) is 6.12. The molecule has 0 saturated carbocycles. The molecular formula is C17H19FN2O3. The summed E-state index contributed by atoms with van der Waals surface area (Å²) in [5.74, 6) is -1.68. The number of para-hydroxylation sites is 1. The van der Waals surface area contributed by atoms with Crippen molar-refractivity contribution in [2.45, 2.75) is 24.9 Å². The van der Waals surface area contributed by atoms with E-state index in [2.05, 4.69) is 0 Å². The van der Waals surface area contributed by atoms with Gasteiger partial charge in [0.25, 0.3) is 0 Å². The van der Waals surface area contributed by atoms with E-state index in [-0.39, 0.29) is 31.8 Å². The summed E-state index contributed by atoms with van der Waals surface area (Å²) in [6.07, 6.45) is 2.67. The summed E-state index contributed by atoms with van der Waals surface area (Å²) in [6.45, 7) is -0.187. The number of hydrogen-bond donors (Lipinski definition) is 1. The number of alkyl halides is 1. The minimum atomic E-state index is -2.30. The maximum absolute atomic E-state index is 14.0. The average Bonchev–Trinajstić information content (AvgIpc) is 3.08. The molecule has 0 aliphatic carbocycles. The van der Waals surface area contributed by atoms with Gasteiger partial charge in [0, 0.05) is 43.5 Å². The summed E-state index contributed by atoms with van der Waals surface area (Å²) in [4.78, 5) is 24.5. The van der Waals surface area contributed by atoms with Gasteiger partial charge < -0.3 is 14.6 Å². The molecule has 0 bridgehead atoms. The Bertz CT molecular complexity index is 770. The van der Waals surface area contributed by atoms with E-state index in [9.17, 15) is 14.0 Å². The molecule has 3 rings (SSSR count). The number of aliphatic carboxylic acids is 1. The highest BCUT2D eigenvalue weighted by atomic mass is 19.1. The smallest absolute Gasteiger partial charge is 0.343 e. The molecular weight excluding hydrogens is 299 g/mol. The zero-order valence-electron chi connectivity index (χ0n) is 13.0. The van der Waals surface area contributed by atoms with Crippen LogP contribution >= 0.6 is 0 Å². The second kappa shape index (κ2) is 5.68. The molecule has 2 heterocycles. The van der Waals surface area contributed by atoms with E-state index in [1.54, 1.807) is 0 Å². The Balaban J connectivity index is 1.66. The first kappa shape index (κ1) is 15.5. The molecule has 1 atom stereocenters. The van der Waals surface area contributed by atoms with Crippen LogP contribution in [-0.2, 0) is 23.1 Å². The van der Waals surface area contributed by atoms with Gasteiger partial charge in [0.2, 0.25) is 11.6 Å². The molecule has 122 valence electrons. The van der Waals surface area contributed by atoms with Crippen molar-refractivity contribution in [3.63, 3.8) is 0 Å². The van der Waals surface area contributed by atoms with E-state index in [4.69, 9.17) is 5.11 Å². The molecule has 1 amide bonds. The number of halogens is 1. The van der Waals surface area contributed by atoms with Crippen LogP contribution in [0.15, 0.2) is 30.5 Å². The standard InChI is InChI=1S/C17H19FN2O3/c1-19-10-12(13-4-2-3-5-14(13)19)6-7-15(21)20-9-8-17(18,11-20)16(22)23/h2-5,10H,6-9,11H2,1H3,(H,22,23). The molecule has 1 N–H and O–H groups in total. The Morgan fingerprint density at radius 2 is 2.09 bits per heavy atom. The maximum Gasteiger partial charge on any atom is 0.343 e. The highest BCUT2D eigenvalue weighted by Crippen LogP contribution is 2.27. The van der Waals surface area contributed by atoms with Crippen LogP contribution in [0.3, 0.4) is 0 Å². The summed E-state index contributed by atoms with van der Waals surface area (Å²) in [6, 6.07) is 7.96. The predicted molar refractivity (Wildman–Crippen MR) is 83.9 cm³/mol. The van der Waals surface area contributed by atoms with Gasteiger partial charge in [-0.3, -0.25) is 4.79 Å². The molecule has 0 radical (unpaired) electrons.